The standard InChI is InChI=1S/C19H20N2O/c22-19(21-20-17-13-7-8-14-17)18(15-9-3-1-4-10-15)16-11-5-2-6-12-16/h1-6,9-12,18H,7-8,13-14H2,(H,21,22). The molecule has 3 rings (SSSR count). The molecule has 1 N–H and O–H groups in total. The molecule has 1 aliphatic carbocycles. The number of hydrogen-bond acceptors (Lipinski definition) is 2. The molecule has 0 heterocycles. The Balaban J connectivity index is 1.85. The predicted molar refractivity (Wildman–Crippen MR) is 88.8 cm³/mol. The first-order chi connectivity index (χ1) is 10.8. The molecule has 0 bridgehead atoms. The summed E-state index contributed by atoms with van der Waals surface area (Å²) in [5, 5.41) is 4.31. The molecule has 1 amide bonds. The van der Waals surface area contributed by atoms with Crippen LogP contribution in [0.4, 0.5) is 0 Å². The van der Waals surface area contributed by atoms with Gasteiger partial charge in [0, 0.05) is 5.71 Å². The zero-order chi connectivity index (χ0) is 15.2. The molecule has 3 nitrogen and oxygen atoms in total. The number of benzene rings is 2. The average Bonchev–Trinajstić information content (AvgIpc) is 3.09. The van der Waals surface area contributed by atoms with Gasteiger partial charge < -0.3 is 0 Å². The minimum Gasteiger partial charge on any atom is -0.272 e. The molecule has 1 fully saturated rings. The van der Waals surface area contributed by atoms with Crippen molar-refractivity contribution >= 4 is 11.6 Å². The lowest BCUT2D eigenvalue weighted by atomic mass is 9.91. The molecule has 1 aliphatic rings. The molecule has 0 aliphatic heterocycles. The van der Waals surface area contributed by atoms with Gasteiger partial charge in [0.05, 0.1) is 5.92 Å². The van der Waals surface area contributed by atoms with Gasteiger partial charge in [0.1, 0.15) is 0 Å². The number of carbonyl (C=O) groups is 1. The van der Waals surface area contributed by atoms with Crippen molar-refractivity contribution in [2.45, 2.75) is 31.6 Å². The number of nitrogens with zero attached hydrogens (tertiary/aromatic N) is 1. The van der Waals surface area contributed by atoms with E-state index < -0.39 is 0 Å². The van der Waals surface area contributed by atoms with Crippen LogP contribution in [0.25, 0.3) is 0 Å². The van der Waals surface area contributed by atoms with Crippen molar-refractivity contribution in [3.05, 3.63) is 71.8 Å². The summed E-state index contributed by atoms with van der Waals surface area (Å²) < 4.78 is 0. The van der Waals surface area contributed by atoms with Crippen molar-refractivity contribution in [3.63, 3.8) is 0 Å². The quantitative estimate of drug-likeness (QED) is 0.854. The van der Waals surface area contributed by atoms with Crippen LogP contribution in [-0.2, 0) is 4.79 Å². The molecule has 1 saturated carbocycles. The summed E-state index contributed by atoms with van der Waals surface area (Å²) in [6, 6.07) is 19.7. The maximum atomic E-state index is 12.7. The second-order valence-electron chi connectivity index (χ2n) is 5.62. The number of rotatable bonds is 4. The van der Waals surface area contributed by atoms with E-state index >= 15 is 0 Å². The van der Waals surface area contributed by atoms with Gasteiger partial charge >= 0.3 is 0 Å². The molecule has 0 radical (unpaired) electrons. The lowest BCUT2D eigenvalue weighted by Crippen LogP contribution is -2.27. The van der Waals surface area contributed by atoms with Crippen LogP contribution < -0.4 is 5.43 Å². The van der Waals surface area contributed by atoms with Crippen LogP contribution in [0.1, 0.15) is 42.7 Å². The molecule has 3 heteroatoms. The zero-order valence-corrected chi connectivity index (χ0v) is 12.5. The number of nitrogens with one attached hydrogen (secondary N) is 1. The molecule has 112 valence electrons. The summed E-state index contributed by atoms with van der Waals surface area (Å²) in [6.07, 6.45) is 4.36. The Labute approximate surface area is 131 Å². The van der Waals surface area contributed by atoms with Gasteiger partial charge in [-0.1, -0.05) is 60.7 Å². The first kappa shape index (κ1) is 14.5. The maximum Gasteiger partial charge on any atom is 0.252 e. The third kappa shape index (κ3) is 3.42. The van der Waals surface area contributed by atoms with E-state index in [9.17, 15) is 4.79 Å². The van der Waals surface area contributed by atoms with E-state index in [1.54, 1.807) is 0 Å². The largest absolute Gasteiger partial charge is 0.272 e. The van der Waals surface area contributed by atoms with Crippen molar-refractivity contribution in [1.82, 2.24) is 5.43 Å². The summed E-state index contributed by atoms with van der Waals surface area (Å²) in [6.45, 7) is 0. The Hall–Kier alpha value is -2.42. The van der Waals surface area contributed by atoms with Crippen molar-refractivity contribution in [2.75, 3.05) is 0 Å². The van der Waals surface area contributed by atoms with E-state index in [0.717, 1.165) is 29.7 Å². The van der Waals surface area contributed by atoms with Crippen molar-refractivity contribution in [1.29, 1.82) is 0 Å². The van der Waals surface area contributed by atoms with Crippen LogP contribution in [0.5, 0.6) is 0 Å². The Bertz CT molecular complexity index is 602. The molecule has 2 aromatic rings. The summed E-state index contributed by atoms with van der Waals surface area (Å²) in [7, 11) is 0. The van der Waals surface area contributed by atoms with Crippen LogP contribution in [0.2, 0.25) is 0 Å². The topological polar surface area (TPSA) is 41.5 Å². The highest BCUT2D eigenvalue weighted by atomic mass is 16.2. The monoisotopic (exact) mass is 292 g/mol. The van der Waals surface area contributed by atoms with E-state index in [1.165, 1.54) is 12.8 Å². The summed E-state index contributed by atoms with van der Waals surface area (Å²) in [5.41, 5.74) is 5.84. The van der Waals surface area contributed by atoms with Gasteiger partial charge in [-0.3, -0.25) is 4.79 Å². The zero-order valence-electron chi connectivity index (χ0n) is 12.5. The highest BCUT2D eigenvalue weighted by Crippen LogP contribution is 2.24. The maximum absolute atomic E-state index is 12.7. The van der Waals surface area contributed by atoms with Crippen LogP contribution in [0, 0.1) is 0 Å². The number of carbonyl (C=O) groups excluding carboxylic acids is 1. The fourth-order valence-electron chi connectivity index (χ4n) is 2.88. The molecule has 0 aromatic heterocycles. The summed E-state index contributed by atoms with van der Waals surface area (Å²) >= 11 is 0. The van der Waals surface area contributed by atoms with E-state index in [0.29, 0.717) is 0 Å². The number of hydrazone groups is 1. The molecule has 0 saturated heterocycles. The molecule has 22 heavy (non-hydrogen) atoms. The van der Waals surface area contributed by atoms with Crippen LogP contribution in [0.3, 0.4) is 0 Å². The molecular formula is C19H20N2O. The number of amides is 1. The highest BCUT2D eigenvalue weighted by Gasteiger charge is 2.22. The second-order valence-corrected chi connectivity index (χ2v) is 5.62. The Morgan fingerprint density at radius 3 is 1.86 bits per heavy atom. The molecular weight excluding hydrogens is 272 g/mol. The van der Waals surface area contributed by atoms with Crippen molar-refractivity contribution < 1.29 is 4.79 Å². The average molecular weight is 292 g/mol. The van der Waals surface area contributed by atoms with Gasteiger partial charge in [0.25, 0.3) is 5.91 Å². The molecule has 0 unspecified atom stereocenters. The fraction of sp³-hybridized carbons (Fsp3) is 0.263. The first-order valence-electron chi connectivity index (χ1n) is 7.80. The smallest absolute Gasteiger partial charge is 0.252 e. The van der Waals surface area contributed by atoms with E-state index in [2.05, 4.69) is 10.5 Å². The normalized spacial score (nSPS) is 14.1. The second kappa shape index (κ2) is 7.03. The highest BCUT2D eigenvalue weighted by molar-refractivity contribution is 5.90. The van der Waals surface area contributed by atoms with Gasteiger partial charge in [-0.2, -0.15) is 5.10 Å². The Kier molecular flexibility index (Phi) is 4.64. The van der Waals surface area contributed by atoms with Gasteiger partial charge in [0.15, 0.2) is 0 Å². The minimum atomic E-state index is -0.326. The fourth-order valence-corrected chi connectivity index (χ4v) is 2.88. The molecule has 0 atom stereocenters. The summed E-state index contributed by atoms with van der Waals surface area (Å²) in [4.78, 5) is 12.7. The van der Waals surface area contributed by atoms with Gasteiger partial charge in [-0.05, 0) is 36.8 Å². The first-order valence-corrected chi connectivity index (χ1v) is 7.80. The minimum absolute atomic E-state index is 0.0724. The molecule has 2 aromatic carbocycles. The van der Waals surface area contributed by atoms with Gasteiger partial charge in [-0.15, -0.1) is 0 Å². The Morgan fingerprint density at radius 1 is 0.864 bits per heavy atom. The van der Waals surface area contributed by atoms with E-state index in [4.69, 9.17) is 0 Å². The van der Waals surface area contributed by atoms with E-state index in [1.807, 2.05) is 60.7 Å². The van der Waals surface area contributed by atoms with Gasteiger partial charge in [-0.25, -0.2) is 5.43 Å². The SMILES string of the molecule is O=C(NN=C1CCCC1)C(c1ccccc1)c1ccccc1. The molecule has 0 spiro atoms. The lowest BCUT2D eigenvalue weighted by Gasteiger charge is -2.16. The van der Waals surface area contributed by atoms with Crippen LogP contribution >= 0.6 is 0 Å². The van der Waals surface area contributed by atoms with Crippen molar-refractivity contribution in [2.24, 2.45) is 5.10 Å². The van der Waals surface area contributed by atoms with E-state index in [-0.39, 0.29) is 11.8 Å². The summed E-state index contributed by atoms with van der Waals surface area (Å²) in [5.74, 6) is -0.398. The number of hydrogen-bond donors (Lipinski definition) is 1. The van der Waals surface area contributed by atoms with Crippen LogP contribution in [-0.4, -0.2) is 11.6 Å². The van der Waals surface area contributed by atoms with Gasteiger partial charge in [0.2, 0.25) is 0 Å². The third-order valence-electron chi connectivity index (χ3n) is 4.03. The van der Waals surface area contributed by atoms with Crippen molar-refractivity contribution in [3.8, 4) is 0 Å². The lowest BCUT2D eigenvalue weighted by molar-refractivity contribution is -0.121. The third-order valence-corrected chi connectivity index (χ3v) is 4.03. The predicted octanol–water partition coefficient (Wildman–Crippen LogP) is 3.86. The Morgan fingerprint density at radius 2 is 1.36 bits per heavy atom. The van der Waals surface area contributed by atoms with Crippen LogP contribution in [0.15, 0.2) is 65.8 Å².